The van der Waals surface area contributed by atoms with Crippen LogP contribution >= 0.6 is 22.9 Å². The van der Waals surface area contributed by atoms with Crippen molar-refractivity contribution in [2.75, 3.05) is 0 Å². The summed E-state index contributed by atoms with van der Waals surface area (Å²) in [6, 6.07) is 4.22. The van der Waals surface area contributed by atoms with E-state index in [-0.39, 0.29) is 5.78 Å². The standard InChI is InChI=1S/C12H9ClFNOS/c1-6-11(7(2)16)17-12(15-6)8-3-9(13)5-10(14)4-8/h3-5H,1-2H3. The summed E-state index contributed by atoms with van der Waals surface area (Å²) in [6.07, 6.45) is 0. The Balaban J connectivity index is 2.53. The largest absolute Gasteiger partial charge is 0.294 e. The second-order valence-electron chi connectivity index (χ2n) is 3.65. The van der Waals surface area contributed by atoms with Gasteiger partial charge in [0.2, 0.25) is 0 Å². The smallest absolute Gasteiger partial charge is 0.171 e. The van der Waals surface area contributed by atoms with E-state index in [4.69, 9.17) is 11.6 Å². The summed E-state index contributed by atoms with van der Waals surface area (Å²) in [5.41, 5.74) is 1.26. The molecule has 88 valence electrons. The summed E-state index contributed by atoms with van der Waals surface area (Å²) in [5, 5.41) is 0.923. The lowest BCUT2D eigenvalue weighted by Crippen LogP contribution is -1.89. The number of nitrogens with zero attached hydrogens (tertiary/aromatic N) is 1. The summed E-state index contributed by atoms with van der Waals surface area (Å²) in [4.78, 5) is 16.2. The second-order valence-corrected chi connectivity index (χ2v) is 5.08. The van der Waals surface area contributed by atoms with Crippen molar-refractivity contribution in [2.24, 2.45) is 0 Å². The van der Waals surface area contributed by atoms with E-state index in [0.29, 0.717) is 26.2 Å². The van der Waals surface area contributed by atoms with Gasteiger partial charge in [-0.25, -0.2) is 9.37 Å². The van der Waals surface area contributed by atoms with Crippen LogP contribution in [-0.2, 0) is 0 Å². The van der Waals surface area contributed by atoms with Gasteiger partial charge in [0.15, 0.2) is 5.78 Å². The minimum atomic E-state index is -0.412. The maximum absolute atomic E-state index is 13.2. The van der Waals surface area contributed by atoms with Crippen molar-refractivity contribution in [2.45, 2.75) is 13.8 Å². The molecule has 0 aliphatic heterocycles. The lowest BCUT2D eigenvalue weighted by Gasteiger charge is -1.97. The number of carbonyl (C=O) groups is 1. The zero-order chi connectivity index (χ0) is 12.6. The number of Topliss-reactive ketones (excluding diaryl/α,β-unsaturated/α-hetero) is 1. The molecule has 0 atom stereocenters. The third-order valence-electron chi connectivity index (χ3n) is 2.23. The Morgan fingerprint density at radius 2 is 2.12 bits per heavy atom. The van der Waals surface area contributed by atoms with E-state index in [2.05, 4.69) is 4.98 Å². The number of hydrogen-bond donors (Lipinski definition) is 0. The van der Waals surface area contributed by atoms with E-state index in [1.165, 1.54) is 30.4 Å². The van der Waals surface area contributed by atoms with Crippen molar-refractivity contribution >= 4 is 28.7 Å². The van der Waals surface area contributed by atoms with Crippen molar-refractivity contribution in [3.63, 3.8) is 0 Å². The molecule has 5 heteroatoms. The lowest BCUT2D eigenvalue weighted by molar-refractivity contribution is 0.102. The fraction of sp³-hybridized carbons (Fsp3) is 0.167. The zero-order valence-electron chi connectivity index (χ0n) is 9.25. The summed E-state index contributed by atoms with van der Waals surface area (Å²) in [7, 11) is 0. The molecule has 0 spiro atoms. The lowest BCUT2D eigenvalue weighted by atomic mass is 10.2. The molecule has 0 amide bonds. The Morgan fingerprint density at radius 3 is 2.65 bits per heavy atom. The van der Waals surface area contributed by atoms with Crippen molar-refractivity contribution in [3.8, 4) is 10.6 Å². The van der Waals surface area contributed by atoms with Crippen LogP contribution in [0, 0.1) is 12.7 Å². The molecule has 0 saturated heterocycles. The molecule has 0 radical (unpaired) electrons. The molecule has 0 saturated carbocycles. The molecule has 2 nitrogen and oxygen atoms in total. The van der Waals surface area contributed by atoms with E-state index in [0.717, 1.165) is 0 Å². The summed E-state index contributed by atoms with van der Waals surface area (Å²) < 4.78 is 13.2. The van der Waals surface area contributed by atoms with Gasteiger partial charge < -0.3 is 0 Å². The van der Waals surface area contributed by atoms with E-state index in [9.17, 15) is 9.18 Å². The molecular weight excluding hydrogens is 261 g/mol. The van der Waals surface area contributed by atoms with Crippen LogP contribution in [0.4, 0.5) is 4.39 Å². The maximum Gasteiger partial charge on any atom is 0.171 e. The first kappa shape index (κ1) is 12.2. The maximum atomic E-state index is 13.2. The molecule has 0 N–H and O–H groups in total. The topological polar surface area (TPSA) is 30.0 Å². The number of hydrogen-bond acceptors (Lipinski definition) is 3. The second kappa shape index (κ2) is 4.55. The first-order chi connectivity index (χ1) is 7.97. The fourth-order valence-electron chi connectivity index (χ4n) is 1.52. The van der Waals surface area contributed by atoms with Crippen LogP contribution in [0.1, 0.15) is 22.3 Å². The van der Waals surface area contributed by atoms with Gasteiger partial charge in [0.25, 0.3) is 0 Å². The average molecular weight is 270 g/mol. The van der Waals surface area contributed by atoms with E-state index < -0.39 is 5.82 Å². The highest BCUT2D eigenvalue weighted by atomic mass is 35.5. The van der Waals surface area contributed by atoms with E-state index >= 15 is 0 Å². The monoisotopic (exact) mass is 269 g/mol. The zero-order valence-corrected chi connectivity index (χ0v) is 10.8. The summed E-state index contributed by atoms with van der Waals surface area (Å²) in [5.74, 6) is -0.446. The van der Waals surface area contributed by atoms with Crippen molar-refractivity contribution in [1.82, 2.24) is 4.98 Å². The minimum absolute atomic E-state index is 0.0336. The first-order valence-electron chi connectivity index (χ1n) is 4.92. The molecule has 0 bridgehead atoms. The highest BCUT2D eigenvalue weighted by Gasteiger charge is 2.13. The Bertz CT molecular complexity index is 574. The average Bonchev–Trinajstić information content (AvgIpc) is 2.59. The predicted molar refractivity (Wildman–Crippen MR) is 67.3 cm³/mol. The number of thiazole rings is 1. The molecule has 1 aromatic heterocycles. The molecule has 0 fully saturated rings. The summed E-state index contributed by atoms with van der Waals surface area (Å²) >= 11 is 7.03. The number of aryl methyl sites for hydroxylation is 1. The summed E-state index contributed by atoms with van der Waals surface area (Å²) in [6.45, 7) is 3.25. The number of aromatic nitrogens is 1. The van der Waals surface area contributed by atoms with Gasteiger partial charge in [-0.2, -0.15) is 0 Å². The molecule has 0 aliphatic rings. The highest BCUT2D eigenvalue weighted by molar-refractivity contribution is 7.17. The Kier molecular flexibility index (Phi) is 3.26. The predicted octanol–water partition coefficient (Wildman–Crippen LogP) is 4.11. The highest BCUT2D eigenvalue weighted by Crippen LogP contribution is 2.30. The number of benzene rings is 1. The Morgan fingerprint density at radius 1 is 1.41 bits per heavy atom. The van der Waals surface area contributed by atoms with Crippen molar-refractivity contribution < 1.29 is 9.18 Å². The van der Waals surface area contributed by atoms with Crippen molar-refractivity contribution in [1.29, 1.82) is 0 Å². The number of rotatable bonds is 2. The van der Waals surface area contributed by atoms with E-state index in [1.807, 2.05) is 0 Å². The van der Waals surface area contributed by atoms with Gasteiger partial charge >= 0.3 is 0 Å². The van der Waals surface area contributed by atoms with E-state index in [1.54, 1.807) is 13.0 Å². The molecule has 17 heavy (non-hydrogen) atoms. The molecule has 1 heterocycles. The van der Waals surface area contributed by atoms with Gasteiger partial charge in [-0.3, -0.25) is 4.79 Å². The van der Waals surface area contributed by atoms with Gasteiger partial charge in [0.1, 0.15) is 10.8 Å². The molecule has 2 rings (SSSR count). The van der Waals surface area contributed by atoms with Crippen LogP contribution in [-0.4, -0.2) is 10.8 Å². The van der Waals surface area contributed by atoms with Crippen LogP contribution in [0.3, 0.4) is 0 Å². The fourth-order valence-corrected chi connectivity index (χ4v) is 2.69. The number of carbonyl (C=O) groups excluding carboxylic acids is 1. The van der Waals surface area contributed by atoms with Gasteiger partial charge in [-0.15, -0.1) is 11.3 Å². The molecular formula is C12H9ClFNOS. The molecule has 2 aromatic rings. The number of ketones is 1. The first-order valence-corrected chi connectivity index (χ1v) is 6.11. The third-order valence-corrected chi connectivity index (χ3v) is 3.75. The van der Waals surface area contributed by atoms with Crippen LogP contribution in [0.2, 0.25) is 5.02 Å². The molecule has 0 unspecified atom stereocenters. The van der Waals surface area contributed by atoms with Crippen LogP contribution in [0.15, 0.2) is 18.2 Å². The Labute approximate surface area is 107 Å². The SMILES string of the molecule is CC(=O)c1sc(-c2cc(F)cc(Cl)c2)nc1C. The van der Waals surface area contributed by atoms with Crippen LogP contribution in [0.5, 0.6) is 0 Å². The van der Waals surface area contributed by atoms with Crippen LogP contribution in [0.25, 0.3) is 10.6 Å². The minimum Gasteiger partial charge on any atom is -0.294 e. The van der Waals surface area contributed by atoms with Gasteiger partial charge in [0, 0.05) is 17.5 Å². The van der Waals surface area contributed by atoms with Gasteiger partial charge in [-0.05, 0) is 25.1 Å². The third kappa shape index (κ3) is 2.53. The molecule has 0 aliphatic carbocycles. The normalized spacial score (nSPS) is 10.6. The van der Waals surface area contributed by atoms with Crippen LogP contribution < -0.4 is 0 Å². The van der Waals surface area contributed by atoms with Crippen molar-refractivity contribution in [3.05, 3.63) is 39.6 Å². The van der Waals surface area contributed by atoms with Gasteiger partial charge in [0.05, 0.1) is 10.6 Å². The van der Waals surface area contributed by atoms with Gasteiger partial charge in [-0.1, -0.05) is 11.6 Å². The quantitative estimate of drug-likeness (QED) is 0.768. The Hall–Kier alpha value is -1.26. The molecule has 1 aromatic carbocycles. The number of halogens is 2.